The average molecular weight is 278 g/mol. The van der Waals surface area contributed by atoms with Gasteiger partial charge in [-0.05, 0) is 12.1 Å². The Balaban J connectivity index is 2.09. The number of benzene rings is 1. The zero-order chi connectivity index (χ0) is 14.3. The molecule has 106 valence electrons. The summed E-state index contributed by atoms with van der Waals surface area (Å²) in [4.78, 5) is 11.6. The molecule has 3 rings (SSSR count). The highest BCUT2D eigenvalue weighted by Gasteiger charge is 2.53. The molecule has 1 aromatic carbocycles. The fraction of sp³-hybridized carbons (Fsp3) is 0.357. The standard InChI is InChI=1S/C14H14O6/c1-17-9-3-4-10-11(7-9)19-13-6-8(15)5-12(16)14(13,18-2)20-10/h3-4,6-7,12,16H,5H2,1-2H3/t12-,14-/m0/s1. The molecule has 1 aliphatic carbocycles. The molecular formula is C14H14O6. The van der Waals surface area contributed by atoms with Crippen molar-refractivity contribution in [1.29, 1.82) is 0 Å². The maximum atomic E-state index is 11.6. The van der Waals surface area contributed by atoms with Crippen LogP contribution in [0.3, 0.4) is 0 Å². The summed E-state index contributed by atoms with van der Waals surface area (Å²) in [5.41, 5.74) is 0. The number of rotatable bonds is 2. The van der Waals surface area contributed by atoms with Gasteiger partial charge in [-0.3, -0.25) is 4.79 Å². The highest BCUT2D eigenvalue weighted by atomic mass is 16.7. The first kappa shape index (κ1) is 13.0. The first-order valence-corrected chi connectivity index (χ1v) is 6.12. The van der Waals surface area contributed by atoms with E-state index in [2.05, 4.69) is 0 Å². The topological polar surface area (TPSA) is 74.2 Å². The Morgan fingerprint density at radius 2 is 2.15 bits per heavy atom. The van der Waals surface area contributed by atoms with E-state index in [4.69, 9.17) is 18.9 Å². The number of hydrogen-bond acceptors (Lipinski definition) is 6. The van der Waals surface area contributed by atoms with Gasteiger partial charge in [-0.25, -0.2) is 0 Å². The lowest BCUT2D eigenvalue weighted by molar-refractivity contribution is -0.224. The Morgan fingerprint density at radius 3 is 2.85 bits per heavy atom. The highest BCUT2D eigenvalue weighted by Crippen LogP contribution is 2.45. The van der Waals surface area contributed by atoms with Gasteiger partial charge in [0.15, 0.2) is 23.0 Å². The minimum atomic E-state index is -1.48. The SMILES string of the molecule is COc1ccc2c(c1)OC1=CC(=O)C[C@H](O)[C@]1(OC)O2. The molecule has 0 unspecified atom stereocenters. The molecule has 20 heavy (non-hydrogen) atoms. The lowest BCUT2D eigenvalue weighted by atomic mass is 9.94. The van der Waals surface area contributed by atoms with Gasteiger partial charge in [0, 0.05) is 25.7 Å². The third-order valence-corrected chi connectivity index (χ3v) is 3.40. The van der Waals surface area contributed by atoms with Crippen LogP contribution < -0.4 is 14.2 Å². The van der Waals surface area contributed by atoms with Crippen LogP contribution in [0.15, 0.2) is 30.0 Å². The minimum absolute atomic E-state index is 0.0772. The second kappa shape index (κ2) is 4.50. The van der Waals surface area contributed by atoms with Crippen LogP contribution in [0.4, 0.5) is 0 Å². The number of aliphatic hydroxyl groups is 1. The van der Waals surface area contributed by atoms with Crippen molar-refractivity contribution in [3.8, 4) is 17.2 Å². The molecule has 0 saturated carbocycles. The smallest absolute Gasteiger partial charge is 0.296 e. The largest absolute Gasteiger partial charge is 0.497 e. The van der Waals surface area contributed by atoms with Gasteiger partial charge in [0.2, 0.25) is 0 Å². The van der Waals surface area contributed by atoms with Crippen molar-refractivity contribution in [2.45, 2.75) is 18.3 Å². The number of hydrogen-bond donors (Lipinski definition) is 1. The van der Waals surface area contributed by atoms with E-state index in [0.717, 1.165) is 0 Å². The molecular weight excluding hydrogens is 264 g/mol. The van der Waals surface area contributed by atoms with E-state index >= 15 is 0 Å². The maximum absolute atomic E-state index is 11.6. The van der Waals surface area contributed by atoms with Crippen LogP contribution in [-0.4, -0.2) is 37.0 Å². The molecule has 1 aliphatic heterocycles. The summed E-state index contributed by atoms with van der Waals surface area (Å²) in [6, 6.07) is 5.01. The predicted octanol–water partition coefficient (Wildman–Crippen LogP) is 1.03. The van der Waals surface area contributed by atoms with E-state index in [1.807, 2.05) is 0 Å². The van der Waals surface area contributed by atoms with E-state index in [1.54, 1.807) is 18.2 Å². The Labute approximate surface area is 115 Å². The molecule has 1 aromatic rings. The zero-order valence-corrected chi connectivity index (χ0v) is 11.1. The monoisotopic (exact) mass is 278 g/mol. The molecule has 1 N–H and O–H groups in total. The van der Waals surface area contributed by atoms with Gasteiger partial charge in [0.05, 0.1) is 7.11 Å². The lowest BCUT2D eigenvalue weighted by Gasteiger charge is -2.42. The molecule has 0 saturated heterocycles. The Bertz CT molecular complexity index is 593. The van der Waals surface area contributed by atoms with Gasteiger partial charge in [-0.1, -0.05) is 0 Å². The molecule has 0 fully saturated rings. The summed E-state index contributed by atoms with van der Waals surface area (Å²) < 4.78 is 21.8. The average Bonchev–Trinajstić information content (AvgIpc) is 2.44. The predicted molar refractivity (Wildman–Crippen MR) is 67.7 cm³/mol. The number of allylic oxidation sites excluding steroid dienone is 1. The lowest BCUT2D eigenvalue weighted by Crippen LogP contribution is -2.56. The molecule has 0 aromatic heterocycles. The Morgan fingerprint density at radius 1 is 1.35 bits per heavy atom. The number of carbonyl (C=O) groups is 1. The second-order valence-corrected chi connectivity index (χ2v) is 4.58. The summed E-state index contributed by atoms with van der Waals surface area (Å²) in [6.45, 7) is 0. The van der Waals surface area contributed by atoms with Crippen LogP contribution in [-0.2, 0) is 9.53 Å². The molecule has 6 nitrogen and oxygen atoms in total. The van der Waals surface area contributed by atoms with Crippen LogP contribution >= 0.6 is 0 Å². The highest BCUT2D eigenvalue weighted by molar-refractivity contribution is 5.92. The number of methoxy groups -OCH3 is 2. The fourth-order valence-corrected chi connectivity index (χ4v) is 2.35. The number of fused-ring (bicyclic) bond motifs is 2. The van der Waals surface area contributed by atoms with Crippen LogP contribution in [0.5, 0.6) is 17.2 Å². The van der Waals surface area contributed by atoms with Crippen molar-refractivity contribution in [3.05, 3.63) is 30.0 Å². The molecule has 1 heterocycles. The first-order valence-electron chi connectivity index (χ1n) is 6.12. The van der Waals surface area contributed by atoms with E-state index < -0.39 is 11.9 Å². The zero-order valence-electron chi connectivity index (χ0n) is 11.1. The van der Waals surface area contributed by atoms with Crippen molar-refractivity contribution < 1.29 is 28.8 Å². The van der Waals surface area contributed by atoms with E-state index in [0.29, 0.717) is 17.2 Å². The molecule has 0 radical (unpaired) electrons. The van der Waals surface area contributed by atoms with Crippen molar-refractivity contribution in [2.75, 3.05) is 14.2 Å². The van der Waals surface area contributed by atoms with Crippen molar-refractivity contribution in [3.63, 3.8) is 0 Å². The molecule has 6 heteroatoms. The quantitative estimate of drug-likeness (QED) is 0.871. The van der Waals surface area contributed by atoms with Gasteiger partial charge in [-0.15, -0.1) is 0 Å². The summed E-state index contributed by atoms with van der Waals surface area (Å²) in [5, 5.41) is 10.1. The summed E-state index contributed by atoms with van der Waals surface area (Å²) in [5.74, 6) is -0.154. The van der Waals surface area contributed by atoms with Crippen LogP contribution in [0.25, 0.3) is 0 Å². The van der Waals surface area contributed by atoms with Crippen LogP contribution in [0.1, 0.15) is 6.42 Å². The third kappa shape index (κ3) is 1.76. The van der Waals surface area contributed by atoms with Gasteiger partial charge >= 0.3 is 0 Å². The Hall–Kier alpha value is -2.05. The molecule has 0 spiro atoms. The number of ether oxygens (including phenoxy) is 4. The van der Waals surface area contributed by atoms with Gasteiger partial charge in [0.25, 0.3) is 5.79 Å². The van der Waals surface area contributed by atoms with E-state index in [1.165, 1.54) is 20.3 Å². The summed E-state index contributed by atoms with van der Waals surface area (Å²) in [7, 11) is 2.93. The molecule has 0 amide bonds. The Kier molecular flexibility index (Phi) is 2.92. The maximum Gasteiger partial charge on any atom is 0.296 e. The van der Waals surface area contributed by atoms with Crippen molar-refractivity contribution in [1.82, 2.24) is 0 Å². The molecule has 2 aliphatic rings. The third-order valence-electron chi connectivity index (χ3n) is 3.40. The van der Waals surface area contributed by atoms with Crippen LogP contribution in [0, 0.1) is 0 Å². The van der Waals surface area contributed by atoms with Gasteiger partial charge < -0.3 is 24.1 Å². The van der Waals surface area contributed by atoms with Crippen LogP contribution in [0.2, 0.25) is 0 Å². The van der Waals surface area contributed by atoms with E-state index in [-0.39, 0.29) is 18.0 Å². The first-order chi connectivity index (χ1) is 9.59. The van der Waals surface area contributed by atoms with Crippen molar-refractivity contribution >= 4 is 5.78 Å². The number of carbonyl (C=O) groups excluding carboxylic acids is 1. The minimum Gasteiger partial charge on any atom is -0.497 e. The number of aliphatic hydroxyl groups excluding tert-OH is 1. The number of ketones is 1. The van der Waals surface area contributed by atoms with Gasteiger partial charge in [0.1, 0.15) is 11.9 Å². The van der Waals surface area contributed by atoms with Gasteiger partial charge in [-0.2, -0.15) is 0 Å². The summed E-state index contributed by atoms with van der Waals surface area (Å²) in [6.07, 6.45) is 0.0837. The molecule has 0 bridgehead atoms. The van der Waals surface area contributed by atoms with E-state index in [9.17, 15) is 9.90 Å². The summed E-state index contributed by atoms with van der Waals surface area (Å²) >= 11 is 0. The normalized spacial score (nSPS) is 27.6. The van der Waals surface area contributed by atoms with Crippen molar-refractivity contribution in [2.24, 2.45) is 0 Å². The second-order valence-electron chi connectivity index (χ2n) is 4.58. The molecule has 2 atom stereocenters. The fourth-order valence-electron chi connectivity index (χ4n) is 2.35.